The number of rotatable bonds is 3. The first-order valence-electron chi connectivity index (χ1n) is 10.1. The lowest BCUT2D eigenvalue weighted by molar-refractivity contribution is -0.0688. The molecule has 0 aromatic heterocycles. The zero-order chi connectivity index (χ0) is 17.1. The number of benzene rings is 1. The van der Waals surface area contributed by atoms with E-state index in [1.807, 2.05) is 30.3 Å². The van der Waals surface area contributed by atoms with Gasteiger partial charge in [-0.3, -0.25) is 10.2 Å². The molecule has 1 saturated heterocycles. The van der Waals surface area contributed by atoms with Gasteiger partial charge in [-0.15, -0.1) is 0 Å². The van der Waals surface area contributed by atoms with E-state index in [0.717, 1.165) is 5.69 Å². The fraction of sp³-hybridized carbons (Fsp3) is 0.667. The Morgan fingerprint density at radius 1 is 0.960 bits per heavy atom. The average molecular weight is 342 g/mol. The minimum atomic E-state index is -0.285. The third-order valence-electron chi connectivity index (χ3n) is 6.45. The first-order chi connectivity index (χ1) is 12.3. The molecule has 4 nitrogen and oxygen atoms in total. The highest BCUT2D eigenvalue weighted by Crippen LogP contribution is 2.44. The van der Waals surface area contributed by atoms with Gasteiger partial charge < -0.3 is 4.74 Å². The molecule has 2 bridgehead atoms. The molecule has 2 saturated carbocycles. The van der Waals surface area contributed by atoms with E-state index in [9.17, 15) is 4.79 Å². The van der Waals surface area contributed by atoms with Crippen LogP contribution in [0.3, 0.4) is 0 Å². The normalized spacial score (nSPS) is 32.8. The molecule has 1 aromatic carbocycles. The fourth-order valence-electron chi connectivity index (χ4n) is 5.29. The van der Waals surface area contributed by atoms with Gasteiger partial charge in [-0.1, -0.05) is 31.0 Å². The number of amides is 1. The molecule has 1 aromatic rings. The molecule has 1 aliphatic heterocycles. The SMILES string of the molecule is O=C(Nc1ccccc1)O[C@H]1[C@H]2CCC[C@H]1[C@H](N1CCCCC1)CC2. The number of ether oxygens (including phenoxy) is 1. The molecule has 4 heteroatoms. The summed E-state index contributed by atoms with van der Waals surface area (Å²) < 4.78 is 6.01. The fourth-order valence-corrected chi connectivity index (χ4v) is 5.29. The molecule has 2 aliphatic carbocycles. The summed E-state index contributed by atoms with van der Waals surface area (Å²) in [6.07, 6.45) is 10.0. The number of nitrogens with one attached hydrogen (secondary N) is 1. The second-order valence-corrected chi connectivity index (χ2v) is 7.96. The van der Waals surface area contributed by atoms with Gasteiger partial charge in [-0.2, -0.15) is 0 Å². The number of anilines is 1. The van der Waals surface area contributed by atoms with E-state index >= 15 is 0 Å². The first-order valence-corrected chi connectivity index (χ1v) is 10.1. The maximum Gasteiger partial charge on any atom is 0.411 e. The van der Waals surface area contributed by atoms with Gasteiger partial charge >= 0.3 is 6.09 Å². The van der Waals surface area contributed by atoms with E-state index < -0.39 is 0 Å². The van der Waals surface area contributed by atoms with E-state index in [-0.39, 0.29) is 12.2 Å². The molecule has 136 valence electrons. The minimum absolute atomic E-state index is 0.0955. The monoisotopic (exact) mass is 342 g/mol. The van der Waals surface area contributed by atoms with Crippen molar-refractivity contribution >= 4 is 11.8 Å². The summed E-state index contributed by atoms with van der Waals surface area (Å²) in [5.41, 5.74) is 0.807. The van der Waals surface area contributed by atoms with Crippen molar-refractivity contribution in [2.75, 3.05) is 18.4 Å². The summed E-state index contributed by atoms with van der Waals surface area (Å²) in [5, 5.41) is 2.90. The summed E-state index contributed by atoms with van der Waals surface area (Å²) >= 11 is 0. The van der Waals surface area contributed by atoms with Crippen LogP contribution in [0.2, 0.25) is 0 Å². The van der Waals surface area contributed by atoms with Gasteiger partial charge in [-0.05, 0) is 69.7 Å². The van der Waals surface area contributed by atoms with Gasteiger partial charge in [0, 0.05) is 17.6 Å². The van der Waals surface area contributed by atoms with Gasteiger partial charge in [0.25, 0.3) is 0 Å². The number of likely N-dealkylation sites (tertiary alicyclic amines) is 1. The van der Waals surface area contributed by atoms with Crippen LogP contribution < -0.4 is 5.32 Å². The zero-order valence-electron chi connectivity index (χ0n) is 15.0. The second kappa shape index (κ2) is 7.77. The lowest BCUT2D eigenvalue weighted by Gasteiger charge is -2.50. The van der Waals surface area contributed by atoms with Crippen LogP contribution in [0.5, 0.6) is 0 Å². The highest BCUT2D eigenvalue weighted by atomic mass is 16.6. The van der Waals surface area contributed by atoms with Crippen LogP contribution in [0.15, 0.2) is 30.3 Å². The zero-order valence-corrected chi connectivity index (χ0v) is 15.0. The summed E-state index contributed by atoms with van der Waals surface area (Å²) in [5.74, 6) is 1.08. The summed E-state index contributed by atoms with van der Waals surface area (Å²) in [6.45, 7) is 2.46. The van der Waals surface area contributed by atoms with Crippen molar-refractivity contribution in [3.63, 3.8) is 0 Å². The van der Waals surface area contributed by atoms with E-state index in [0.29, 0.717) is 17.9 Å². The highest BCUT2D eigenvalue weighted by molar-refractivity contribution is 5.84. The molecule has 0 radical (unpaired) electrons. The van der Waals surface area contributed by atoms with Crippen molar-refractivity contribution in [2.24, 2.45) is 11.8 Å². The molecule has 0 unspecified atom stereocenters. The molecule has 4 atom stereocenters. The molecule has 3 fully saturated rings. The quantitative estimate of drug-likeness (QED) is 0.868. The van der Waals surface area contributed by atoms with Crippen molar-refractivity contribution < 1.29 is 9.53 Å². The molecule has 3 aliphatic rings. The maximum absolute atomic E-state index is 12.4. The van der Waals surface area contributed by atoms with E-state index in [1.54, 1.807) is 0 Å². The van der Waals surface area contributed by atoms with Gasteiger partial charge in [0.1, 0.15) is 6.10 Å². The van der Waals surface area contributed by atoms with Crippen LogP contribution in [-0.2, 0) is 4.74 Å². The Labute approximate surface area is 150 Å². The number of hydrogen-bond acceptors (Lipinski definition) is 3. The van der Waals surface area contributed by atoms with Crippen LogP contribution in [0.25, 0.3) is 0 Å². The van der Waals surface area contributed by atoms with Crippen LogP contribution in [0.4, 0.5) is 10.5 Å². The first kappa shape index (κ1) is 16.9. The highest BCUT2D eigenvalue weighted by Gasteiger charge is 2.46. The Bertz CT molecular complexity index is 571. The topological polar surface area (TPSA) is 41.6 Å². The average Bonchev–Trinajstić information content (AvgIpc) is 2.63. The van der Waals surface area contributed by atoms with Crippen molar-refractivity contribution in [3.8, 4) is 0 Å². The van der Waals surface area contributed by atoms with Crippen LogP contribution in [0, 0.1) is 11.8 Å². The van der Waals surface area contributed by atoms with Gasteiger partial charge in [-0.25, -0.2) is 4.79 Å². The number of carbonyl (C=O) groups excluding carboxylic acids is 1. The van der Waals surface area contributed by atoms with Crippen molar-refractivity contribution in [1.29, 1.82) is 0 Å². The van der Waals surface area contributed by atoms with Gasteiger partial charge in [0.05, 0.1) is 0 Å². The molecule has 1 heterocycles. The molecular formula is C21H30N2O2. The Kier molecular flexibility index (Phi) is 5.25. The Hall–Kier alpha value is -1.55. The molecule has 1 N–H and O–H groups in total. The molecule has 4 rings (SSSR count). The predicted molar refractivity (Wildman–Crippen MR) is 99.6 cm³/mol. The summed E-state index contributed by atoms with van der Waals surface area (Å²) in [6, 6.07) is 10.2. The molecule has 0 spiro atoms. The van der Waals surface area contributed by atoms with E-state index in [1.165, 1.54) is 64.5 Å². The molecule has 1 amide bonds. The minimum Gasteiger partial charge on any atom is -0.445 e. The maximum atomic E-state index is 12.4. The van der Waals surface area contributed by atoms with Gasteiger partial charge in [0.2, 0.25) is 0 Å². The second-order valence-electron chi connectivity index (χ2n) is 7.96. The largest absolute Gasteiger partial charge is 0.445 e. The Balaban J connectivity index is 1.42. The predicted octanol–water partition coefficient (Wildman–Crippen LogP) is 4.67. The summed E-state index contributed by atoms with van der Waals surface area (Å²) in [7, 11) is 0. The smallest absolute Gasteiger partial charge is 0.411 e. The van der Waals surface area contributed by atoms with Crippen molar-refractivity contribution in [2.45, 2.75) is 63.5 Å². The van der Waals surface area contributed by atoms with Crippen molar-refractivity contribution in [1.82, 2.24) is 4.90 Å². The lowest BCUT2D eigenvalue weighted by Crippen LogP contribution is -2.54. The van der Waals surface area contributed by atoms with Gasteiger partial charge in [0.15, 0.2) is 0 Å². The number of hydrogen-bond donors (Lipinski definition) is 1. The number of piperidine rings is 1. The third kappa shape index (κ3) is 3.84. The van der Waals surface area contributed by atoms with Crippen LogP contribution in [0.1, 0.15) is 51.4 Å². The van der Waals surface area contributed by atoms with Crippen LogP contribution >= 0.6 is 0 Å². The van der Waals surface area contributed by atoms with E-state index in [4.69, 9.17) is 4.74 Å². The summed E-state index contributed by atoms with van der Waals surface area (Å²) in [4.78, 5) is 15.1. The third-order valence-corrected chi connectivity index (χ3v) is 6.45. The number of nitrogens with zero attached hydrogens (tertiary/aromatic N) is 1. The lowest BCUT2D eigenvalue weighted by atomic mass is 9.67. The van der Waals surface area contributed by atoms with Crippen molar-refractivity contribution in [3.05, 3.63) is 30.3 Å². The number of para-hydroxylation sites is 1. The Morgan fingerprint density at radius 2 is 1.76 bits per heavy atom. The standard InChI is InChI=1S/C21H30N2O2/c24-21(22-17-9-3-1-4-10-17)25-20-16-8-7-11-18(20)19(13-12-16)23-14-5-2-6-15-23/h1,3-4,9-10,16,18-20H,2,5-8,11-15H2,(H,22,24)/t16-,18-,19+,20-/m0/s1. The van der Waals surface area contributed by atoms with E-state index in [2.05, 4.69) is 10.2 Å². The molecule has 25 heavy (non-hydrogen) atoms. The molecular weight excluding hydrogens is 312 g/mol. The Morgan fingerprint density at radius 3 is 2.56 bits per heavy atom. The number of carbonyl (C=O) groups is 1. The number of fused-ring (bicyclic) bond motifs is 2. The van der Waals surface area contributed by atoms with Crippen LogP contribution in [-0.4, -0.2) is 36.2 Å².